The third-order valence-electron chi connectivity index (χ3n) is 0.573. The molecule has 0 aliphatic rings. The Labute approximate surface area is 73.4 Å². The number of hydrogen-bond acceptors (Lipinski definition) is 1. The monoisotopic (exact) mass is 299 g/mol. The topological polar surface area (TPSA) is 27.1 Å². The van der Waals surface area contributed by atoms with E-state index >= 15 is 0 Å². The van der Waals surface area contributed by atoms with Gasteiger partial charge in [-0.05, 0) is 14.0 Å². The van der Waals surface area contributed by atoms with E-state index in [0.717, 1.165) is 0 Å². The molecule has 3 heteroatoms. The molecule has 0 aliphatic heterocycles. The van der Waals surface area contributed by atoms with E-state index in [1.54, 1.807) is 14.0 Å². The van der Waals surface area contributed by atoms with Gasteiger partial charge in [-0.15, -0.1) is 0 Å². The van der Waals surface area contributed by atoms with Gasteiger partial charge in [0.05, 0.1) is 5.84 Å². The first-order valence-electron chi connectivity index (χ1n) is 1.74. The first kappa shape index (κ1) is 22.9. The smallest absolute Gasteiger partial charge is 0.0627 e. The quantitative estimate of drug-likeness (QED) is 0.411. The van der Waals surface area contributed by atoms with Crippen molar-refractivity contribution in [2.24, 2.45) is 0 Å². The maximum atomic E-state index is 6.81. The van der Waals surface area contributed by atoms with Gasteiger partial charge in [-0.1, -0.05) is 0 Å². The van der Waals surface area contributed by atoms with Crippen molar-refractivity contribution < 1.29 is 21.1 Å². The van der Waals surface area contributed by atoms with Crippen molar-refractivity contribution in [2.75, 3.05) is 7.05 Å². The summed E-state index contributed by atoms with van der Waals surface area (Å²) in [5.74, 6) is 0.481. The van der Waals surface area contributed by atoms with Crippen molar-refractivity contribution in [3.8, 4) is 0 Å². The van der Waals surface area contributed by atoms with E-state index in [9.17, 15) is 0 Å². The maximum Gasteiger partial charge on any atom is 0.0627 e. The minimum absolute atomic E-state index is 0. The second-order valence-corrected chi connectivity index (χ2v) is 1.28. The zero-order chi connectivity index (χ0) is 5.15. The molecule has 0 aromatic heterocycles. The Morgan fingerprint density at radius 2 is 1.56 bits per heavy atom. The van der Waals surface area contributed by atoms with E-state index in [4.69, 9.17) is 5.41 Å². The van der Waals surface area contributed by atoms with Crippen molar-refractivity contribution in [1.29, 1.82) is 5.41 Å². The van der Waals surface area contributed by atoms with Crippen molar-refractivity contribution in [3.05, 3.63) is 21.9 Å². The zero-order valence-electron chi connectivity index (χ0n) is 6.56. The van der Waals surface area contributed by atoms with Crippen LogP contribution in [0.3, 0.4) is 0 Å². The van der Waals surface area contributed by atoms with E-state index < -0.39 is 0 Å². The maximum absolute atomic E-state index is 6.81. The first-order chi connectivity index (χ1) is 2.64. The van der Waals surface area contributed by atoms with Gasteiger partial charge in [0.25, 0.3) is 0 Å². The van der Waals surface area contributed by atoms with Gasteiger partial charge in [-0.25, -0.2) is 0 Å². The Morgan fingerprint density at radius 3 is 1.56 bits per heavy atom. The van der Waals surface area contributed by atoms with Crippen LogP contribution in [0.2, 0.25) is 0 Å². The van der Waals surface area contributed by atoms with E-state index in [0.29, 0.717) is 5.84 Å². The molecule has 0 bridgehead atoms. The molecule has 0 unspecified atom stereocenters. The fourth-order valence-corrected chi connectivity index (χ4v) is 0. The number of rotatable bonds is 0. The summed E-state index contributed by atoms with van der Waals surface area (Å²) in [6.45, 7) is 1.69. The van der Waals surface area contributed by atoms with Gasteiger partial charge in [0.2, 0.25) is 0 Å². The number of amidine groups is 1. The zero-order valence-corrected chi connectivity index (χ0v) is 9.50. The van der Waals surface area contributed by atoms with Gasteiger partial charge in [-0.2, -0.15) is 0 Å². The number of nitrogens with one attached hydrogen (secondary N) is 1. The average molecular weight is 299 g/mol. The van der Waals surface area contributed by atoms with Crippen LogP contribution in [-0.2, 0) is 21.1 Å². The molecule has 1 N–H and O–H groups in total. The van der Waals surface area contributed by atoms with Crippen LogP contribution in [0.25, 0.3) is 0 Å². The molecular weight excluding hydrogens is 284 g/mol. The Balaban J connectivity index is -0.0000000417. The molecular formula is C6H15N2W-3. The van der Waals surface area contributed by atoms with Crippen LogP contribution in [0, 0.1) is 27.3 Å². The SMILES string of the molecule is [CH2-]N(C)C(C)=N.[CH3-].[CH3-].[W]. The van der Waals surface area contributed by atoms with Gasteiger partial charge in [0.1, 0.15) is 0 Å². The van der Waals surface area contributed by atoms with Gasteiger partial charge in [0, 0.05) is 21.1 Å². The Hall–Kier alpha value is 0.158. The van der Waals surface area contributed by atoms with Gasteiger partial charge < -0.3 is 19.8 Å². The summed E-state index contributed by atoms with van der Waals surface area (Å²) in [5, 5.41) is 6.81. The van der Waals surface area contributed by atoms with Crippen molar-refractivity contribution in [3.63, 3.8) is 0 Å². The molecule has 0 atom stereocenters. The third kappa shape index (κ3) is 17.9. The second-order valence-electron chi connectivity index (χ2n) is 1.28. The third-order valence-corrected chi connectivity index (χ3v) is 0.573. The largest absolute Gasteiger partial charge is 0.517 e. The molecule has 0 heterocycles. The van der Waals surface area contributed by atoms with Crippen LogP contribution in [-0.4, -0.2) is 17.8 Å². The molecule has 0 aliphatic carbocycles. The Kier molecular flexibility index (Phi) is 28.1. The standard InChI is InChI=1S/C4H9N2.2CH3.W/c1-4(5)6(2)3;;;/h5H,2H2,1,3H3;2*1H3;/q3*-1;. The van der Waals surface area contributed by atoms with Crippen LogP contribution in [0.5, 0.6) is 0 Å². The molecule has 9 heavy (non-hydrogen) atoms. The Bertz CT molecular complexity index is 62.1. The normalized spacial score (nSPS) is 5.22. The van der Waals surface area contributed by atoms with Crippen molar-refractivity contribution >= 4 is 5.84 Å². The minimum Gasteiger partial charge on any atom is -0.517 e. The molecule has 0 radical (unpaired) electrons. The summed E-state index contributed by atoms with van der Waals surface area (Å²) < 4.78 is 0. The van der Waals surface area contributed by atoms with Gasteiger partial charge in [-0.3, -0.25) is 12.5 Å². The summed E-state index contributed by atoms with van der Waals surface area (Å²) in [4.78, 5) is 1.50. The molecule has 2 nitrogen and oxygen atoms in total. The van der Waals surface area contributed by atoms with Crippen LogP contribution >= 0.6 is 0 Å². The van der Waals surface area contributed by atoms with Gasteiger partial charge in [0.15, 0.2) is 0 Å². The van der Waals surface area contributed by atoms with Crippen LogP contribution in [0.1, 0.15) is 6.92 Å². The summed E-state index contributed by atoms with van der Waals surface area (Å²) in [6.07, 6.45) is 0. The average Bonchev–Trinajstić information content (AvgIpc) is 1.36. The summed E-state index contributed by atoms with van der Waals surface area (Å²) >= 11 is 0. The molecule has 0 saturated carbocycles. The first-order valence-corrected chi connectivity index (χ1v) is 1.74. The van der Waals surface area contributed by atoms with E-state index in [1.807, 2.05) is 0 Å². The molecule has 0 aromatic carbocycles. The van der Waals surface area contributed by atoms with Crippen molar-refractivity contribution in [1.82, 2.24) is 4.90 Å². The van der Waals surface area contributed by atoms with Gasteiger partial charge >= 0.3 is 0 Å². The summed E-state index contributed by atoms with van der Waals surface area (Å²) in [7, 11) is 5.19. The van der Waals surface area contributed by atoms with Crippen LogP contribution < -0.4 is 0 Å². The van der Waals surface area contributed by atoms with E-state index in [2.05, 4.69) is 7.05 Å². The van der Waals surface area contributed by atoms with E-state index in [1.165, 1.54) is 4.90 Å². The van der Waals surface area contributed by atoms with Crippen LogP contribution in [0.15, 0.2) is 0 Å². The molecule has 0 amide bonds. The molecule has 0 aromatic rings. The molecule has 58 valence electrons. The number of hydrogen-bond donors (Lipinski definition) is 1. The molecule has 0 saturated heterocycles. The van der Waals surface area contributed by atoms with Crippen molar-refractivity contribution in [2.45, 2.75) is 6.92 Å². The van der Waals surface area contributed by atoms with Crippen LogP contribution in [0.4, 0.5) is 0 Å². The minimum atomic E-state index is 0. The van der Waals surface area contributed by atoms with E-state index in [-0.39, 0.29) is 35.9 Å². The second kappa shape index (κ2) is 11.0. The predicted molar refractivity (Wildman–Crippen MR) is 39.3 cm³/mol. The molecule has 0 fully saturated rings. The fraction of sp³-hybridized carbons (Fsp3) is 0.333. The summed E-state index contributed by atoms with van der Waals surface area (Å²) in [6, 6.07) is 0. The summed E-state index contributed by atoms with van der Waals surface area (Å²) in [5.41, 5.74) is 0. The molecule has 0 spiro atoms. The predicted octanol–water partition coefficient (Wildman–Crippen LogP) is 1.61. The molecule has 0 rings (SSSR count). The fourth-order valence-electron chi connectivity index (χ4n) is 0. The Morgan fingerprint density at radius 1 is 1.44 bits per heavy atom. The number of nitrogens with zero attached hydrogens (tertiary/aromatic N) is 1.